The average Bonchev–Trinajstić information content (AvgIpc) is 2.86. The van der Waals surface area contributed by atoms with Crippen molar-refractivity contribution in [3.8, 4) is 17.6 Å². The molecule has 190 valence electrons. The number of carbonyl (C=O) groups excluding carboxylic acids is 2. The highest BCUT2D eigenvalue weighted by atomic mass is 127. The number of nitriles is 1. The Balaban J connectivity index is 1.75. The van der Waals surface area contributed by atoms with Gasteiger partial charge in [0.1, 0.15) is 11.6 Å². The zero-order valence-corrected chi connectivity index (χ0v) is 21.4. The van der Waals surface area contributed by atoms with Crippen LogP contribution in [0.1, 0.15) is 11.1 Å². The van der Waals surface area contributed by atoms with E-state index < -0.39 is 17.6 Å². The van der Waals surface area contributed by atoms with Crippen LogP contribution in [-0.2, 0) is 15.8 Å². The molecule has 11 heteroatoms. The van der Waals surface area contributed by atoms with E-state index in [4.69, 9.17) is 9.47 Å². The maximum atomic E-state index is 12.9. The van der Waals surface area contributed by atoms with Crippen LogP contribution in [0.4, 0.5) is 24.5 Å². The van der Waals surface area contributed by atoms with E-state index >= 15 is 0 Å². The van der Waals surface area contributed by atoms with E-state index in [1.807, 2.05) is 28.7 Å². The van der Waals surface area contributed by atoms with Gasteiger partial charge in [-0.25, -0.2) is 0 Å². The summed E-state index contributed by atoms with van der Waals surface area (Å²) in [5.74, 6) is -0.726. The van der Waals surface area contributed by atoms with Crippen LogP contribution in [0.2, 0.25) is 0 Å². The van der Waals surface area contributed by atoms with Crippen LogP contribution in [0, 0.1) is 14.9 Å². The number of hydrogen-bond acceptors (Lipinski definition) is 5. The van der Waals surface area contributed by atoms with Gasteiger partial charge in [-0.3, -0.25) is 9.59 Å². The Labute approximate surface area is 224 Å². The zero-order chi connectivity index (χ0) is 27.0. The Morgan fingerprint density at radius 1 is 1.03 bits per heavy atom. The highest BCUT2D eigenvalue weighted by molar-refractivity contribution is 14.1. The first-order valence-electron chi connectivity index (χ1n) is 10.6. The summed E-state index contributed by atoms with van der Waals surface area (Å²) in [6, 6.07) is 17.8. The Bertz CT molecular complexity index is 1370. The predicted molar refractivity (Wildman–Crippen MR) is 140 cm³/mol. The summed E-state index contributed by atoms with van der Waals surface area (Å²) < 4.78 is 50.3. The molecule has 3 rings (SSSR count). The number of hydrogen-bond donors (Lipinski definition) is 2. The maximum absolute atomic E-state index is 12.9. The number of nitrogens with zero attached hydrogens (tertiary/aromatic N) is 1. The van der Waals surface area contributed by atoms with Crippen molar-refractivity contribution in [1.29, 1.82) is 5.26 Å². The summed E-state index contributed by atoms with van der Waals surface area (Å²) in [6.07, 6.45) is -3.31. The van der Waals surface area contributed by atoms with Crippen LogP contribution < -0.4 is 20.1 Å². The molecule has 0 bridgehead atoms. The van der Waals surface area contributed by atoms with E-state index in [1.165, 1.54) is 25.3 Å². The van der Waals surface area contributed by atoms with Gasteiger partial charge in [0.2, 0.25) is 0 Å². The van der Waals surface area contributed by atoms with Crippen molar-refractivity contribution in [2.75, 3.05) is 24.4 Å². The lowest BCUT2D eigenvalue weighted by atomic mass is 10.1. The lowest BCUT2D eigenvalue weighted by Gasteiger charge is -2.14. The molecule has 37 heavy (non-hydrogen) atoms. The van der Waals surface area contributed by atoms with Gasteiger partial charge in [-0.15, -0.1) is 0 Å². The van der Waals surface area contributed by atoms with Crippen LogP contribution in [0.15, 0.2) is 72.3 Å². The van der Waals surface area contributed by atoms with Gasteiger partial charge in [0.25, 0.3) is 11.8 Å². The highest BCUT2D eigenvalue weighted by Crippen LogP contribution is 2.35. The normalized spacial score (nSPS) is 11.3. The van der Waals surface area contributed by atoms with Gasteiger partial charge in [0.15, 0.2) is 18.1 Å². The third-order valence-electron chi connectivity index (χ3n) is 4.78. The Morgan fingerprint density at radius 3 is 2.38 bits per heavy atom. The van der Waals surface area contributed by atoms with Crippen molar-refractivity contribution in [2.45, 2.75) is 6.18 Å². The molecule has 0 heterocycles. The van der Waals surface area contributed by atoms with Crippen LogP contribution in [0.3, 0.4) is 0 Å². The predicted octanol–water partition coefficient (Wildman–Crippen LogP) is 5.88. The topological polar surface area (TPSA) is 100 Å². The van der Waals surface area contributed by atoms with Gasteiger partial charge in [0, 0.05) is 11.4 Å². The smallest absolute Gasteiger partial charge is 0.416 e. The Kier molecular flexibility index (Phi) is 9.13. The van der Waals surface area contributed by atoms with Gasteiger partial charge in [-0.2, -0.15) is 18.4 Å². The molecule has 0 atom stereocenters. The summed E-state index contributed by atoms with van der Waals surface area (Å²) in [6.45, 7) is -0.292. The summed E-state index contributed by atoms with van der Waals surface area (Å²) in [5.41, 5.74) is -0.360. The SMILES string of the molecule is COc1cc(/C=C(\C#N)C(=O)Nc2cccc(C(F)(F)F)c2)cc(I)c1OCC(=O)Nc1ccccc1. The molecule has 2 N–H and O–H groups in total. The third-order valence-corrected chi connectivity index (χ3v) is 5.58. The van der Waals surface area contributed by atoms with Crippen LogP contribution in [0.5, 0.6) is 11.5 Å². The quantitative estimate of drug-likeness (QED) is 0.186. The first-order chi connectivity index (χ1) is 17.6. The van der Waals surface area contributed by atoms with E-state index in [9.17, 15) is 28.0 Å². The Morgan fingerprint density at radius 2 is 1.73 bits per heavy atom. The molecule has 0 unspecified atom stereocenters. The second kappa shape index (κ2) is 12.3. The number of methoxy groups -OCH3 is 1. The lowest BCUT2D eigenvalue weighted by molar-refractivity contribution is -0.137. The number of rotatable bonds is 8. The molecule has 2 amide bonds. The number of nitrogens with one attached hydrogen (secondary N) is 2. The van der Waals surface area contributed by atoms with Crippen molar-refractivity contribution >= 4 is 51.9 Å². The molecule has 0 radical (unpaired) electrons. The number of carbonyl (C=O) groups is 2. The minimum absolute atomic E-state index is 0.106. The monoisotopic (exact) mass is 621 g/mol. The summed E-state index contributed by atoms with van der Waals surface area (Å²) in [7, 11) is 1.39. The van der Waals surface area contributed by atoms with Crippen LogP contribution in [0.25, 0.3) is 6.08 Å². The molecule has 0 aromatic heterocycles. The van der Waals surface area contributed by atoms with E-state index in [-0.39, 0.29) is 35.3 Å². The number of alkyl halides is 3. The fraction of sp³-hybridized carbons (Fsp3) is 0.115. The van der Waals surface area contributed by atoms with Crippen molar-refractivity contribution in [2.24, 2.45) is 0 Å². The minimum atomic E-state index is -4.58. The second-order valence-corrected chi connectivity index (χ2v) is 8.60. The number of para-hydroxylation sites is 1. The van der Waals surface area contributed by atoms with Gasteiger partial charge >= 0.3 is 6.18 Å². The molecular weight excluding hydrogens is 602 g/mol. The molecule has 0 saturated carbocycles. The van der Waals surface area contributed by atoms with Crippen LogP contribution in [-0.4, -0.2) is 25.5 Å². The molecule has 0 aliphatic heterocycles. The lowest BCUT2D eigenvalue weighted by Crippen LogP contribution is -2.20. The highest BCUT2D eigenvalue weighted by Gasteiger charge is 2.30. The maximum Gasteiger partial charge on any atom is 0.416 e. The van der Waals surface area contributed by atoms with Crippen molar-refractivity contribution < 1.29 is 32.2 Å². The molecule has 3 aromatic rings. The molecule has 0 fully saturated rings. The molecule has 0 aliphatic rings. The molecule has 0 spiro atoms. The van der Waals surface area contributed by atoms with E-state index in [2.05, 4.69) is 10.6 Å². The molecular formula is C26H19F3IN3O4. The first-order valence-corrected chi connectivity index (χ1v) is 11.6. The van der Waals surface area contributed by atoms with Gasteiger partial charge in [-0.1, -0.05) is 24.3 Å². The van der Waals surface area contributed by atoms with E-state index in [1.54, 1.807) is 36.4 Å². The molecule has 3 aromatic carbocycles. The largest absolute Gasteiger partial charge is 0.493 e. The van der Waals surface area contributed by atoms with E-state index in [0.29, 0.717) is 14.8 Å². The molecule has 0 aliphatic carbocycles. The third kappa shape index (κ3) is 7.71. The number of anilines is 2. The molecule has 0 saturated heterocycles. The number of amides is 2. The van der Waals surface area contributed by atoms with Crippen molar-refractivity contribution in [3.63, 3.8) is 0 Å². The fourth-order valence-corrected chi connectivity index (χ4v) is 3.89. The van der Waals surface area contributed by atoms with Gasteiger partial charge < -0.3 is 20.1 Å². The minimum Gasteiger partial charge on any atom is -0.493 e. The van der Waals surface area contributed by atoms with Crippen LogP contribution >= 0.6 is 22.6 Å². The fourth-order valence-electron chi connectivity index (χ4n) is 3.11. The first kappa shape index (κ1) is 27.5. The summed E-state index contributed by atoms with van der Waals surface area (Å²) >= 11 is 1.96. The van der Waals surface area contributed by atoms with Crippen molar-refractivity contribution in [1.82, 2.24) is 0 Å². The van der Waals surface area contributed by atoms with Gasteiger partial charge in [-0.05, 0) is 76.7 Å². The van der Waals surface area contributed by atoms with Gasteiger partial charge in [0.05, 0.1) is 16.2 Å². The standard InChI is InChI=1S/C26H19F3IN3O4/c1-36-22-12-16(11-21(30)24(22)37-15-23(34)32-19-7-3-2-4-8-19)10-17(14-31)25(35)33-20-9-5-6-18(13-20)26(27,28)29/h2-13H,15H2,1H3,(H,32,34)(H,33,35)/b17-10+. The van der Waals surface area contributed by atoms with E-state index in [0.717, 1.165) is 18.2 Å². The number of halogens is 4. The number of benzene rings is 3. The number of ether oxygens (including phenoxy) is 2. The Hall–Kier alpha value is -4.05. The zero-order valence-electron chi connectivity index (χ0n) is 19.2. The average molecular weight is 621 g/mol. The summed E-state index contributed by atoms with van der Waals surface area (Å²) in [5, 5.41) is 14.5. The second-order valence-electron chi connectivity index (χ2n) is 7.44. The summed E-state index contributed by atoms with van der Waals surface area (Å²) in [4.78, 5) is 24.8. The molecule has 7 nitrogen and oxygen atoms in total. The van der Waals surface area contributed by atoms with Crippen molar-refractivity contribution in [3.05, 3.63) is 87.0 Å².